The quantitative estimate of drug-likeness (QED) is 0.139. The van der Waals surface area contributed by atoms with E-state index >= 15 is 0 Å². The van der Waals surface area contributed by atoms with E-state index in [1.54, 1.807) is 0 Å². The molecule has 0 fully saturated rings. The van der Waals surface area contributed by atoms with Crippen LogP contribution in [0.25, 0.3) is 0 Å². The standard InChI is InChI=1S/C24H39N5O5/c1-24(2,3)34-20(30)14-8-5-9-15-27-21(31)19(13-10-16-28-22(25)26)29-23(32)33-17-18-11-6-4-7-12-18/h4,6-7,11-12,19H,5,8-10,13-17H2,1-3H3,(H,27,31)(H,29,32)(H4,25,26,28)/t19-/m0/s1. The van der Waals surface area contributed by atoms with Crippen LogP contribution in [-0.4, -0.2) is 48.7 Å². The lowest BCUT2D eigenvalue weighted by molar-refractivity contribution is -0.154. The molecule has 0 bridgehead atoms. The van der Waals surface area contributed by atoms with Crippen LogP contribution in [-0.2, 0) is 25.7 Å². The Kier molecular flexibility index (Phi) is 13.1. The molecule has 0 aromatic heterocycles. The maximum Gasteiger partial charge on any atom is 0.408 e. The number of amides is 2. The van der Waals surface area contributed by atoms with E-state index in [1.807, 2.05) is 51.1 Å². The van der Waals surface area contributed by atoms with Gasteiger partial charge in [-0.25, -0.2) is 4.79 Å². The number of alkyl carbamates (subject to hydrolysis) is 1. The summed E-state index contributed by atoms with van der Waals surface area (Å²) in [5.41, 5.74) is 11.0. The minimum atomic E-state index is -0.778. The topological polar surface area (TPSA) is 158 Å². The van der Waals surface area contributed by atoms with Crippen molar-refractivity contribution in [1.29, 1.82) is 0 Å². The smallest absolute Gasteiger partial charge is 0.408 e. The maximum absolute atomic E-state index is 12.6. The number of nitrogens with two attached hydrogens (primary N) is 2. The first-order chi connectivity index (χ1) is 16.1. The molecule has 0 aliphatic heterocycles. The molecule has 0 spiro atoms. The Hall–Kier alpha value is -3.30. The van der Waals surface area contributed by atoms with Gasteiger partial charge in [0.25, 0.3) is 0 Å². The van der Waals surface area contributed by atoms with Crippen molar-refractivity contribution < 1.29 is 23.9 Å². The summed E-state index contributed by atoms with van der Waals surface area (Å²) in [5.74, 6) is -0.563. The number of unbranched alkanes of at least 4 members (excludes halogenated alkanes) is 2. The fraction of sp³-hybridized carbons (Fsp3) is 0.583. The van der Waals surface area contributed by atoms with E-state index in [0.717, 1.165) is 12.0 Å². The number of rotatable bonds is 14. The van der Waals surface area contributed by atoms with Crippen LogP contribution in [0, 0.1) is 0 Å². The second kappa shape index (κ2) is 15.5. The molecule has 0 heterocycles. The summed E-state index contributed by atoms with van der Waals surface area (Å²) >= 11 is 0. The van der Waals surface area contributed by atoms with Crippen LogP contribution >= 0.6 is 0 Å². The SMILES string of the molecule is CC(C)(C)OC(=O)CCCCCNC(=O)[C@H](CCCN=C(N)N)NC(=O)OCc1ccccc1. The maximum atomic E-state index is 12.6. The second-order valence-electron chi connectivity index (χ2n) is 8.90. The Balaban J connectivity index is 2.42. The lowest BCUT2D eigenvalue weighted by atomic mass is 10.1. The summed E-state index contributed by atoms with van der Waals surface area (Å²) in [5, 5.41) is 5.45. The third-order valence-electron chi connectivity index (χ3n) is 4.54. The molecule has 0 aliphatic carbocycles. The number of carbonyl (C=O) groups is 3. The number of benzene rings is 1. The van der Waals surface area contributed by atoms with Crippen molar-refractivity contribution in [1.82, 2.24) is 10.6 Å². The lowest BCUT2D eigenvalue weighted by Gasteiger charge is -2.19. The van der Waals surface area contributed by atoms with Gasteiger partial charge in [0.2, 0.25) is 5.91 Å². The van der Waals surface area contributed by atoms with E-state index in [0.29, 0.717) is 45.2 Å². The molecule has 10 nitrogen and oxygen atoms in total. The molecule has 0 saturated heterocycles. The van der Waals surface area contributed by atoms with E-state index in [4.69, 9.17) is 20.9 Å². The third-order valence-corrected chi connectivity index (χ3v) is 4.54. The molecular weight excluding hydrogens is 438 g/mol. The van der Waals surface area contributed by atoms with Crippen LogP contribution < -0.4 is 22.1 Å². The van der Waals surface area contributed by atoms with Gasteiger partial charge in [-0.05, 0) is 52.0 Å². The first-order valence-corrected chi connectivity index (χ1v) is 11.6. The predicted octanol–water partition coefficient (Wildman–Crippen LogP) is 2.35. The Bertz CT molecular complexity index is 789. The summed E-state index contributed by atoms with van der Waals surface area (Å²) in [6.45, 7) is 6.38. The molecule has 1 atom stereocenters. The van der Waals surface area contributed by atoms with Crippen molar-refractivity contribution in [2.24, 2.45) is 16.5 Å². The molecule has 0 aliphatic rings. The van der Waals surface area contributed by atoms with Gasteiger partial charge >= 0.3 is 12.1 Å². The van der Waals surface area contributed by atoms with Crippen LogP contribution in [0.1, 0.15) is 64.9 Å². The number of nitrogens with zero attached hydrogens (tertiary/aromatic N) is 1. The Morgan fingerprint density at radius 2 is 1.74 bits per heavy atom. The summed E-state index contributed by atoms with van der Waals surface area (Å²) in [7, 11) is 0. The van der Waals surface area contributed by atoms with Crippen LogP contribution in [0.2, 0.25) is 0 Å². The van der Waals surface area contributed by atoms with Gasteiger partial charge in [0.15, 0.2) is 5.96 Å². The number of esters is 1. The van der Waals surface area contributed by atoms with Crippen LogP contribution in [0.4, 0.5) is 4.79 Å². The Morgan fingerprint density at radius 3 is 2.38 bits per heavy atom. The Morgan fingerprint density at radius 1 is 1.03 bits per heavy atom. The molecule has 6 N–H and O–H groups in total. The summed E-state index contributed by atoms with van der Waals surface area (Å²) in [6, 6.07) is 8.48. The van der Waals surface area contributed by atoms with Crippen molar-refractivity contribution in [3.8, 4) is 0 Å². The fourth-order valence-corrected chi connectivity index (χ4v) is 2.98. The number of nitrogens with one attached hydrogen (secondary N) is 2. The highest BCUT2D eigenvalue weighted by molar-refractivity contribution is 5.85. The first-order valence-electron chi connectivity index (χ1n) is 11.6. The average Bonchev–Trinajstić information content (AvgIpc) is 2.76. The van der Waals surface area contributed by atoms with E-state index in [-0.39, 0.29) is 24.4 Å². The minimum absolute atomic E-state index is 0.0254. The third kappa shape index (κ3) is 14.7. The number of aliphatic imine (C=N–C) groups is 1. The zero-order chi connectivity index (χ0) is 25.4. The van der Waals surface area contributed by atoms with Gasteiger partial charge in [0, 0.05) is 19.5 Å². The highest BCUT2D eigenvalue weighted by Gasteiger charge is 2.21. The number of carbonyl (C=O) groups excluding carboxylic acids is 3. The molecule has 2 amide bonds. The molecule has 34 heavy (non-hydrogen) atoms. The molecular formula is C24H39N5O5. The normalized spacial score (nSPS) is 11.7. The average molecular weight is 478 g/mol. The van der Waals surface area contributed by atoms with Crippen molar-refractivity contribution in [2.75, 3.05) is 13.1 Å². The largest absolute Gasteiger partial charge is 0.460 e. The predicted molar refractivity (Wildman–Crippen MR) is 131 cm³/mol. The van der Waals surface area contributed by atoms with Crippen LogP contribution in [0.5, 0.6) is 0 Å². The number of hydrogen-bond acceptors (Lipinski definition) is 6. The number of ether oxygens (including phenoxy) is 2. The Labute approximate surface area is 201 Å². The van der Waals surface area contributed by atoms with E-state index in [9.17, 15) is 14.4 Å². The molecule has 0 saturated carbocycles. The van der Waals surface area contributed by atoms with Gasteiger partial charge < -0.3 is 31.6 Å². The molecule has 1 aromatic carbocycles. The van der Waals surface area contributed by atoms with E-state index < -0.39 is 17.7 Å². The van der Waals surface area contributed by atoms with Gasteiger partial charge in [0.1, 0.15) is 18.2 Å². The van der Waals surface area contributed by atoms with Gasteiger partial charge in [-0.3, -0.25) is 14.6 Å². The highest BCUT2D eigenvalue weighted by atomic mass is 16.6. The first kappa shape index (κ1) is 28.7. The highest BCUT2D eigenvalue weighted by Crippen LogP contribution is 2.10. The fourth-order valence-electron chi connectivity index (χ4n) is 2.98. The zero-order valence-electron chi connectivity index (χ0n) is 20.5. The van der Waals surface area contributed by atoms with Crippen molar-refractivity contribution >= 4 is 23.9 Å². The molecule has 10 heteroatoms. The second-order valence-corrected chi connectivity index (χ2v) is 8.90. The van der Waals surface area contributed by atoms with Crippen molar-refractivity contribution in [2.45, 2.75) is 77.5 Å². The molecule has 190 valence electrons. The summed E-state index contributed by atoms with van der Waals surface area (Å²) < 4.78 is 10.5. The van der Waals surface area contributed by atoms with Crippen molar-refractivity contribution in [3.63, 3.8) is 0 Å². The van der Waals surface area contributed by atoms with Crippen LogP contribution in [0.15, 0.2) is 35.3 Å². The van der Waals surface area contributed by atoms with E-state index in [1.165, 1.54) is 0 Å². The van der Waals surface area contributed by atoms with E-state index in [2.05, 4.69) is 15.6 Å². The minimum Gasteiger partial charge on any atom is -0.460 e. The van der Waals surface area contributed by atoms with Crippen molar-refractivity contribution in [3.05, 3.63) is 35.9 Å². The summed E-state index contributed by atoms with van der Waals surface area (Å²) in [6.07, 6.45) is 2.66. The molecule has 1 rings (SSSR count). The molecule has 0 unspecified atom stereocenters. The van der Waals surface area contributed by atoms with Crippen LogP contribution in [0.3, 0.4) is 0 Å². The van der Waals surface area contributed by atoms with Gasteiger partial charge in [-0.2, -0.15) is 0 Å². The lowest BCUT2D eigenvalue weighted by Crippen LogP contribution is -2.47. The zero-order valence-corrected chi connectivity index (χ0v) is 20.5. The van der Waals surface area contributed by atoms with Gasteiger partial charge in [-0.1, -0.05) is 36.8 Å². The molecule has 0 radical (unpaired) electrons. The molecule has 1 aromatic rings. The monoisotopic (exact) mass is 477 g/mol. The van der Waals surface area contributed by atoms with Gasteiger partial charge in [0.05, 0.1) is 0 Å². The van der Waals surface area contributed by atoms with Gasteiger partial charge in [-0.15, -0.1) is 0 Å². The number of guanidine groups is 1. The number of hydrogen-bond donors (Lipinski definition) is 4. The summed E-state index contributed by atoms with van der Waals surface area (Å²) in [4.78, 5) is 40.5.